The van der Waals surface area contributed by atoms with Crippen LogP contribution in [0.1, 0.15) is 11.3 Å². The van der Waals surface area contributed by atoms with E-state index < -0.39 is 0 Å². The summed E-state index contributed by atoms with van der Waals surface area (Å²) in [6, 6.07) is 9.28. The van der Waals surface area contributed by atoms with Gasteiger partial charge in [0.05, 0.1) is 12.2 Å². The van der Waals surface area contributed by atoms with Crippen LogP contribution in [0.25, 0.3) is 5.65 Å². The van der Waals surface area contributed by atoms with Gasteiger partial charge in [0.2, 0.25) is 0 Å². The predicted octanol–water partition coefficient (Wildman–Crippen LogP) is 2.33. The number of anilines is 1. The smallest absolute Gasteiger partial charge is 0.318 e. The van der Waals surface area contributed by atoms with E-state index in [4.69, 9.17) is 0 Å². The van der Waals surface area contributed by atoms with Gasteiger partial charge in [0.25, 0.3) is 5.56 Å². The highest BCUT2D eigenvalue weighted by Crippen LogP contribution is 2.20. The number of nitrogens with zero attached hydrogens (tertiary/aromatic N) is 3. The molecule has 0 aliphatic carbocycles. The highest BCUT2D eigenvalue weighted by atomic mass is 32.2. The quantitative estimate of drug-likeness (QED) is 0.691. The number of hydrogen-bond acceptors (Lipinski definition) is 4. The maximum Gasteiger partial charge on any atom is 0.322 e. The van der Waals surface area contributed by atoms with Gasteiger partial charge in [0, 0.05) is 35.0 Å². The largest absolute Gasteiger partial charge is 0.322 e. The summed E-state index contributed by atoms with van der Waals surface area (Å²) in [5, 5.41) is 5.78. The van der Waals surface area contributed by atoms with Crippen LogP contribution in [0.3, 0.4) is 0 Å². The molecule has 25 heavy (non-hydrogen) atoms. The highest BCUT2D eigenvalue weighted by Gasteiger charge is 2.25. The summed E-state index contributed by atoms with van der Waals surface area (Å²) < 4.78 is 1.43. The first-order valence-corrected chi connectivity index (χ1v) is 9.16. The van der Waals surface area contributed by atoms with Gasteiger partial charge in [-0.1, -0.05) is 6.07 Å². The van der Waals surface area contributed by atoms with Gasteiger partial charge in [0.1, 0.15) is 0 Å². The Bertz CT molecular complexity index is 1010. The summed E-state index contributed by atoms with van der Waals surface area (Å²) in [7, 11) is 0. The Morgan fingerprint density at radius 3 is 3.08 bits per heavy atom. The normalized spacial score (nSPS) is 13.7. The van der Waals surface area contributed by atoms with Crippen molar-refractivity contribution in [3.05, 3.63) is 58.1 Å². The molecule has 0 spiro atoms. The van der Waals surface area contributed by atoms with Gasteiger partial charge >= 0.3 is 6.03 Å². The van der Waals surface area contributed by atoms with Crippen LogP contribution < -0.4 is 10.9 Å². The van der Waals surface area contributed by atoms with Crippen LogP contribution in [0.4, 0.5) is 10.5 Å². The fraction of sp³-hybridized carbons (Fsp3) is 0.235. The number of nitrogens with one attached hydrogen (secondary N) is 2. The van der Waals surface area contributed by atoms with Gasteiger partial charge in [-0.25, -0.2) is 14.3 Å². The summed E-state index contributed by atoms with van der Waals surface area (Å²) in [6.45, 7) is 0.824. The Labute approximate surface area is 148 Å². The van der Waals surface area contributed by atoms with Crippen molar-refractivity contribution in [1.29, 1.82) is 0 Å². The molecule has 2 aromatic heterocycles. The molecule has 0 radical (unpaired) electrons. The van der Waals surface area contributed by atoms with E-state index in [-0.39, 0.29) is 11.6 Å². The van der Waals surface area contributed by atoms with Crippen molar-refractivity contribution in [3.63, 3.8) is 0 Å². The molecule has 7 nitrogen and oxygen atoms in total. The van der Waals surface area contributed by atoms with Gasteiger partial charge in [-0.3, -0.25) is 9.89 Å². The molecule has 1 aliphatic heterocycles. The van der Waals surface area contributed by atoms with E-state index >= 15 is 0 Å². The lowest BCUT2D eigenvalue weighted by molar-refractivity contribution is 0.205. The fourth-order valence-electron chi connectivity index (χ4n) is 3.01. The van der Waals surface area contributed by atoms with Crippen LogP contribution in [0.2, 0.25) is 0 Å². The second-order valence-electron chi connectivity index (χ2n) is 5.83. The highest BCUT2D eigenvalue weighted by molar-refractivity contribution is 7.98. The molecule has 0 bridgehead atoms. The standard InChI is InChI=1S/C17H17N5O2S/c1-25-12-4-2-3-11(9-12)19-17(24)21-8-6-13-14(10-21)20-15-5-7-18-22(15)16(13)23/h2-5,7,9,18H,6,8,10H2,1H3,(H,19,24). The molecular formula is C17H17N5O2S. The number of urea groups is 1. The maximum atomic E-state index is 12.6. The molecule has 0 atom stereocenters. The number of aromatic nitrogens is 3. The molecule has 0 saturated carbocycles. The number of amides is 2. The Balaban J connectivity index is 1.56. The monoisotopic (exact) mass is 355 g/mol. The molecule has 1 aliphatic rings. The summed E-state index contributed by atoms with van der Waals surface area (Å²) in [4.78, 5) is 32.3. The number of H-pyrrole nitrogens is 1. The zero-order valence-electron chi connectivity index (χ0n) is 13.7. The van der Waals surface area contributed by atoms with Crippen molar-refractivity contribution in [3.8, 4) is 0 Å². The molecule has 1 aromatic carbocycles. The number of carbonyl (C=O) groups excluding carboxylic acids is 1. The minimum Gasteiger partial charge on any atom is -0.318 e. The van der Waals surface area contributed by atoms with Gasteiger partial charge in [-0.05, 0) is 30.9 Å². The Kier molecular flexibility index (Phi) is 3.96. The van der Waals surface area contributed by atoms with Gasteiger partial charge < -0.3 is 10.2 Å². The SMILES string of the molecule is CSc1cccc(NC(=O)N2CCc3c(nc4cc[nH]n4c3=O)C2)c1. The van der Waals surface area contributed by atoms with E-state index in [2.05, 4.69) is 15.4 Å². The second kappa shape index (κ2) is 6.29. The first-order valence-electron chi connectivity index (χ1n) is 7.93. The number of aromatic amines is 1. The lowest BCUT2D eigenvalue weighted by Crippen LogP contribution is -2.41. The zero-order valence-corrected chi connectivity index (χ0v) is 14.5. The predicted molar refractivity (Wildman–Crippen MR) is 97.2 cm³/mol. The third-order valence-corrected chi connectivity index (χ3v) is 5.03. The fourth-order valence-corrected chi connectivity index (χ4v) is 3.47. The molecule has 3 heterocycles. The lowest BCUT2D eigenvalue weighted by Gasteiger charge is -2.27. The van der Waals surface area contributed by atoms with E-state index in [0.29, 0.717) is 36.4 Å². The van der Waals surface area contributed by atoms with Crippen molar-refractivity contribution >= 4 is 29.1 Å². The zero-order chi connectivity index (χ0) is 17.4. The molecule has 2 amide bonds. The summed E-state index contributed by atoms with van der Waals surface area (Å²) in [5.41, 5.74) is 2.59. The Hall–Kier alpha value is -2.74. The molecule has 2 N–H and O–H groups in total. The third-order valence-electron chi connectivity index (χ3n) is 4.30. The number of carbonyl (C=O) groups is 1. The van der Waals surface area contributed by atoms with Crippen molar-refractivity contribution < 1.29 is 4.79 Å². The first-order chi connectivity index (χ1) is 12.2. The Morgan fingerprint density at radius 1 is 1.36 bits per heavy atom. The number of benzene rings is 1. The van der Waals surface area contributed by atoms with Crippen LogP contribution in [-0.2, 0) is 13.0 Å². The van der Waals surface area contributed by atoms with Crippen LogP contribution >= 0.6 is 11.8 Å². The van der Waals surface area contributed by atoms with E-state index in [9.17, 15) is 9.59 Å². The third kappa shape index (κ3) is 2.89. The van der Waals surface area contributed by atoms with Crippen LogP contribution in [-0.4, -0.2) is 38.3 Å². The van der Waals surface area contributed by atoms with Gasteiger partial charge in [0.15, 0.2) is 5.65 Å². The van der Waals surface area contributed by atoms with E-state index in [0.717, 1.165) is 10.6 Å². The minimum absolute atomic E-state index is 0.0854. The van der Waals surface area contributed by atoms with Crippen molar-refractivity contribution in [1.82, 2.24) is 19.5 Å². The number of fused-ring (bicyclic) bond motifs is 2. The molecule has 4 rings (SSSR count). The molecule has 0 fully saturated rings. The number of thioether (sulfide) groups is 1. The summed E-state index contributed by atoms with van der Waals surface area (Å²) >= 11 is 1.62. The average Bonchev–Trinajstić information content (AvgIpc) is 3.10. The summed E-state index contributed by atoms with van der Waals surface area (Å²) in [6.07, 6.45) is 4.17. The van der Waals surface area contributed by atoms with E-state index in [1.165, 1.54) is 4.52 Å². The molecule has 3 aromatic rings. The van der Waals surface area contributed by atoms with E-state index in [1.54, 1.807) is 28.9 Å². The molecule has 0 saturated heterocycles. The van der Waals surface area contributed by atoms with Crippen molar-refractivity contribution in [2.75, 3.05) is 18.1 Å². The topological polar surface area (TPSA) is 82.5 Å². The molecule has 0 unspecified atom stereocenters. The van der Waals surface area contributed by atoms with Crippen molar-refractivity contribution in [2.45, 2.75) is 17.9 Å². The summed E-state index contributed by atoms with van der Waals surface area (Å²) in [5.74, 6) is 0. The first kappa shape index (κ1) is 15.8. The lowest BCUT2D eigenvalue weighted by atomic mass is 10.1. The van der Waals surface area contributed by atoms with E-state index in [1.807, 2.05) is 30.5 Å². The maximum absolute atomic E-state index is 12.6. The minimum atomic E-state index is -0.181. The number of hydrogen-bond donors (Lipinski definition) is 2. The average molecular weight is 355 g/mol. The second-order valence-corrected chi connectivity index (χ2v) is 6.71. The van der Waals surface area contributed by atoms with Crippen LogP contribution in [0.5, 0.6) is 0 Å². The number of rotatable bonds is 2. The molecule has 8 heteroatoms. The van der Waals surface area contributed by atoms with Crippen LogP contribution in [0, 0.1) is 0 Å². The molecular weight excluding hydrogens is 338 g/mol. The Morgan fingerprint density at radius 2 is 2.24 bits per heavy atom. The van der Waals surface area contributed by atoms with Crippen LogP contribution in [0.15, 0.2) is 46.2 Å². The van der Waals surface area contributed by atoms with Gasteiger partial charge in [-0.15, -0.1) is 11.8 Å². The van der Waals surface area contributed by atoms with Gasteiger partial charge in [-0.2, -0.15) is 0 Å². The molecule has 128 valence electrons. The van der Waals surface area contributed by atoms with Crippen molar-refractivity contribution in [2.24, 2.45) is 0 Å².